The summed E-state index contributed by atoms with van der Waals surface area (Å²) in [4.78, 5) is 56.5. The number of nitrogens with one attached hydrogen (secondary N) is 2. The van der Waals surface area contributed by atoms with Crippen LogP contribution in [0.3, 0.4) is 0 Å². The van der Waals surface area contributed by atoms with E-state index in [1.807, 2.05) is 20.8 Å². The summed E-state index contributed by atoms with van der Waals surface area (Å²) in [6.45, 7) is 9.83. The zero-order valence-electron chi connectivity index (χ0n) is 18.3. The SMILES string of the molecule is CCCCn1c(SCC(=O)NN2C(=O)NC(C)(CC)C2=O)nc2sc(C)c(C)c2c1=O. The molecule has 0 saturated carbocycles. The number of carbonyl (C=O) groups is 3. The smallest absolute Gasteiger partial charge is 0.322 e. The van der Waals surface area contributed by atoms with Crippen molar-refractivity contribution in [2.75, 3.05) is 5.75 Å². The highest BCUT2D eigenvalue weighted by molar-refractivity contribution is 7.99. The van der Waals surface area contributed by atoms with Gasteiger partial charge in [0.05, 0.1) is 11.1 Å². The number of hydrogen-bond acceptors (Lipinski definition) is 7. The van der Waals surface area contributed by atoms with Crippen LogP contribution in [0.1, 0.15) is 50.5 Å². The van der Waals surface area contributed by atoms with Crippen molar-refractivity contribution in [1.29, 1.82) is 0 Å². The summed E-state index contributed by atoms with van der Waals surface area (Å²) in [5.41, 5.74) is 2.18. The standard InChI is InChI=1S/C20H27N5O4S2/c1-6-8-9-24-16(27)14-11(3)12(4)31-15(14)21-19(24)30-10-13(26)23-25-17(28)20(5,7-2)22-18(25)29/h6-10H2,1-5H3,(H,22,29)(H,23,26). The number of carbonyl (C=O) groups excluding carboxylic acids is 3. The maximum absolute atomic E-state index is 13.1. The molecule has 11 heteroatoms. The second-order valence-electron chi connectivity index (χ2n) is 7.75. The lowest BCUT2D eigenvalue weighted by Gasteiger charge is -2.19. The average molecular weight is 466 g/mol. The molecule has 0 radical (unpaired) electrons. The fourth-order valence-electron chi connectivity index (χ4n) is 3.24. The van der Waals surface area contributed by atoms with Crippen molar-refractivity contribution in [2.45, 2.75) is 71.1 Å². The van der Waals surface area contributed by atoms with Gasteiger partial charge in [-0.05, 0) is 39.2 Å². The number of aryl methyl sites for hydroxylation is 2. The molecule has 168 valence electrons. The number of aromatic nitrogens is 2. The summed E-state index contributed by atoms with van der Waals surface area (Å²) in [7, 11) is 0. The van der Waals surface area contributed by atoms with Crippen LogP contribution in [0, 0.1) is 13.8 Å². The van der Waals surface area contributed by atoms with Gasteiger partial charge < -0.3 is 5.32 Å². The van der Waals surface area contributed by atoms with E-state index in [0.717, 1.165) is 40.1 Å². The van der Waals surface area contributed by atoms with Crippen LogP contribution in [0.2, 0.25) is 0 Å². The number of thioether (sulfide) groups is 1. The number of fused-ring (bicyclic) bond motifs is 1. The highest BCUT2D eigenvalue weighted by atomic mass is 32.2. The zero-order valence-corrected chi connectivity index (χ0v) is 20.0. The predicted octanol–water partition coefficient (Wildman–Crippen LogP) is 2.72. The van der Waals surface area contributed by atoms with Crippen molar-refractivity contribution in [3.63, 3.8) is 0 Å². The molecule has 3 rings (SSSR count). The van der Waals surface area contributed by atoms with Crippen LogP contribution in [0.15, 0.2) is 9.95 Å². The molecule has 9 nitrogen and oxygen atoms in total. The summed E-state index contributed by atoms with van der Waals surface area (Å²) in [6.07, 6.45) is 2.14. The Balaban J connectivity index is 1.80. The molecule has 4 amide bonds. The van der Waals surface area contributed by atoms with Crippen LogP contribution < -0.4 is 16.3 Å². The number of urea groups is 1. The molecule has 3 heterocycles. The minimum Gasteiger partial charge on any atom is -0.322 e. The van der Waals surface area contributed by atoms with Crippen LogP contribution >= 0.6 is 23.1 Å². The quantitative estimate of drug-likeness (QED) is 0.352. The number of amides is 4. The average Bonchev–Trinajstić information content (AvgIpc) is 3.13. The molecule has 1 saturated heterocycles. The van der Waals surface area contributed by atoms with E-state index in [1.165, 1.54) is 11.3 Å². The number of rotatable bonds is 8. The van der Waals surface area contributed by atoms with E-state index in [9.17, 15) is 19.2 Å². The maximum atomic E-state index is 13.1. The number of imide groups is 1. The van der Waals surface area contributed by atoms with Crippen molar-refractivity contribution >= 4 is 51.2 Å². The van der Waals surface area contributed by atoms with Crippen LogP contribution in [-0.4, -0.2) is 43.7 Å². The van der Waals surface area contributed by atoms with Gasteiger partial charge in [-0.1, -0.05) is 32.0 Å². The summed E-state index contributed by atoms with van der Waals surface area (Å²) >= 11 is 2.58. The molecule has 1 aliphatic heterocycles. The summed E-state index contributed by atoms with van der Waals surface area (Å²) in [6, 6.07) is -0.656. The van der Waals surface area contributed by atoms with E-state index in [0.29, 0.717) is 28.3 Å². The molecule has 1 unspecified atom stereocenters. The van der Waals surface area contributed by atoms with E-state index in [2.05, 4.69) is 15.7 Å². The van der Waals surface area contributed by atoms with Crippen molar-refractivity contribution in [2.24, 2.45) is 0 Å². The lowest BCUT2D eigenvalue weighted by Crippen LogP contribution is -2.49. The monoisotopic (exact) mass is 465 g/mol. The zero-order chi connectivity index (χ0) is 22.9. The van der Waals surface area contributed by atoms with Crippen molar-refractivity contribution in [3.05, 3.63) is 20.8 Å². The molecule has 1 fully saturated rings. The van der Waals surface area contributed by atoms with Gasteiger partial charge >= 0.3 is 6.03 Å². The Labute approximate surface area is 188 Å². The Morgan fingerprint density at radius 2 is 1.97 bits per heavy atom. The van der Waals surface area contributed by atoms with Gasteiger partial charge in [-0.25, -0.2) is 9.78 Å². The molecule has 1 aliphatic rings. The lowest BCUT2D eigenvalue weighted by molar-refractivity contribution is -0.137. The van der Waals surface area contributed by atoms with Crippen LogP contribution in [0.4, 0.5) is 4.79 Å². The molecular formula is C20H27N5O4S2. The molecule has 2 N–H and O–H groups in total. The number of thiophene rings is 1. The third-order valence-electron chi connectivity index (χ3n) is 5.53. The third-order valence-corrected chi connectivity index (χ3v) is 7.60. The topological polar surface area (TPSA) is 113 Å². The van der Waals surface area contributed by atoms with E-state index >= 15 is 0 Å². The third kappa shape index (κ3) is 4.33. The Kier molecular flexibility index (Phi) is 6.75. The summed E-state index contributed by atoms with van der Waals surface area (Å²) < 4.78 is 1.62. The maximum Gasteiger partial charge on any atom is 0.344 e. The summed E-state index contributed by atoms with van der Waals surface area (Å²) in [5, 5.41) is 4.39. The second kappa shape index (κ2) is 8.99. The number of unbranched alkanes of at least 4 members (excludes halogenated alkanes) is 1. The largest absolute Gasteiger partial charge is 0.344 e. The van der Waals surface area contributed by atoms with Gasteiger partial charge in [0, 0.05) is 11.4 Å². The first kappa shape index (κ1) is 23.3. The fraction of sp³-hybridized carbons (Fsp3) is 0.550. The van der Waals surface area contributed by atoms with E-state index in [-0.39, 0.29) is 11.3 Å². The predicted molar refractivity (Wildman–Crippen MR) is 121 cm³/mol. The first-order valence-corrected chi connectivity index (χ1v) is 12.0. The number of hydrazine groups is 1. The van der Waals surface area contributed by atoms with Gasteiger partial charge in [0.2, 0.25) is 5.91 Å². The van der Waals surface area contributed by atoms with Gasteiger partial charge in [0.25, 0.3) is 11.5 Å². The van der Waals surface area contributed by atoms with E-state index < -0.39 is 23.4 Å². The van der Waals surface area contributed by atoms with Crippen molar-refractivity contribution < 1.29 is 14.4 Å². The van der Waals surface area contributed by atoms with Gasteiger partial charge in [0.1, 0.15) is 10.4 Å². The molecule has 2 aromatic heterocycles. The van der Waals surface area contributed by atoms with Crippen LogP contribution in [0.25, 0.3) is 10.2 Å². The Bertz CT molecular complexity index is 1110. The lowest BCUT2D eigenvalue weighted by atomic mass is 10.00. The second-order valence-corrected chi connectivity index (χ2v) is 9.89. The molecule has 2 aromatic rings. The molecule has 31 heavy (non-hydrogen) atoms. The van der Waals surface area contributed by atoms with Crippen LogP contribution in [0.5, 0.6) is 0 Å². The van der Waals surface area contributed by atoms with Gasteiger partial charge in [-0.2, -0.15) is 5.01 Å². The molecule has 0 aliphatic carbocycles. The number of hydrogen-bond donors (Lipinski definition) is 2. The Morgan fingerprint density at radius 1 is 1.26 bits per heavy atom. The van der Waals surface area contributed by atoms with Gasteiger partial charge in [-0.15, -0.1) is 11.3 Å². The van der Waals surface area contributed by atoms with E-state index in [4.69, 9.17) is 0 Å². The normalized spacial score (nSPS) is 18.7. The first-order valence-electron chi connectivity index (χ1n) is 10.2. The van der Waals surface area contributed by atoms with Gasteiger partial charge in [0.15, 0.2) is 5.16 Å². The van der Waals surface area contributed by atoms with Crippen LogP contribution in [-0.2, 0) is 16.1 Å². The number of nitrogens with zero attached hydrogens (tertiary/aromatic N) is 3. The molecular weight excluding hydrogens is 438 g/mol. The molecule has 1 atom stereocenters. The minimum atomic E-state index is -1.03. The highest BCUT2D eigenvalue weighted by Crippen LogP contribution is 2.28. The minimum absolute atomic E-state index is 0.0900. The molecule has 0 bridgehead atoms. The van der Waals surface area contributed by atoms with Crippen molar-refractivity contribution in [1.82, 2.24) is 25.3 Å². The first-order chi connectivity index (χ1) is 14.6. The summed E-state index contributed by atoms with van der Waals surface area (Å²) in [5.74, 6) is -1.11. The van der Waals surface area contributed by atoms with E-state index in [1.54, 1.807) is 18.4 Å². The Hall–Kier alpha value is -2.40. The van der Waals surface area contributed by atoms with Gasteiger partial charge in [-0.3, -0.25) is 24.4 Å². The molecule has 0 spiro atoms. The highest BCUT2D eigenvalue weighted by Gasteiger charge is 2.47. The van der Waals surface area contributed by atoms with Crippen molar-refractivity contribution in [3.8, 4) is 0 Å². The fourth-order valence-corrected chi connectivity index (χ4v) is 5.13. The Morgan fingerprint density at radius 3 is 2.58 bits per heavy atom. The molecule has 0 aromatic carbocycles.